The number of hydrogen-bond acceptors (Lipinski definition) is 5. The van der Waals surface area contributed by atoms with Crippen LogP contribution < -0.4 is 15.9 Å². The largest absolute Gasteiger partial charge is 0.545 e. The first kappa shape index (κ1) is 8.51. The molecular weight excluding hydrogens is 162 g/mol. The maximum atomic E-state index is 10.3. The minimum absolute atomic E-state index is 0.0689. The van der Waals surface area contributed by atoms with E-state index >= 15 is 0 Å². The van der Waals surface area contributed by atoms with Gasteiger partial charge in [0.05, 0.1) is 5.97 Å². The fraction of sp³-hybridized carbons (Fsp3) is 0. The van der Waals surface area contributed by atoms with Crippen molar-refractivity contribution in [2.75, 3.05) is 0 Å². The van der Waals surface area contributed by atoms with Gasteiger partial charge in [0.1, 0.15) is 0 Å². The lowest BCUT2D eigenvalue weighted by Gasteiger charge is -2.02. The molecule has 0 saturated carbocycles. The lowest BCUT2D eigenvalue weighted by molar-refractivity contribution is -0.255. The summed E-state index contributed by atoms with van der Waals surface area (Å²) in [5.41, 5.74) is 0.0689. The highest BCUT2D eigenvalue weighted by Crippen LogP contribution is 2.10. The fourth-order valence-electron chi connectivity index (χ4n) is 0.702. The Bertz CT molecular complexity index is 269. The number of benzene rings is 1. The molecule has 2 N–H and O–H groups in total. The summed E-state index contributed by atoms with van der Waals surface area (Å²) < 4.78 is 0. The molecule has 0 amide bonds. The SMILES string of the molecule is NOOc1ccc(C(=O)[O-])cc1. The van der Waals surface area contributed by atoms with Crippen molar-refractivity contribution in [1.82, 2.24) is 0 Å². The molecule has 0 heterocycles. The van der Waals surface area contributed by atoms with Crippen LogP contribution in [-0.4, -0.2) is 5.97 Å². The maximum Gasteiger partial charge on any atom is 0.167 e. The number of rotatable bonds is 3. The molecule has 0 spiro atoms. The van der Waals surface area contributed by atoms with Crippen LogP contribution in [0.5, 0.6) is 5.75 Å². The number of hydrogen-bond donors (Lipinski definition) is 1. The molecule has 1 rings (SSSR count). The first-order valence-electron chi connectivity index (χ1n) is 3.09. The maximum absolute atomic E-state index is 10.3. The summed E-state index contributed by atoms with van der Waals surface area (Å²) >= 11 is 0. The van der Waals surface area contributed by atoms with Crippen molar-refractivity contribution < 1.29 is 19.8 Å². The first-order valence-corrected chi connectivity index (χ1v) is 3.09. The molecule has 0 radical (unpaired) electrons. The lowest BCUT2D eigenvalue weighted by Crippen LogP contribution is -2.21. The van der Waals surface area contributed by atoms with Crippen molar-refractivity contribution in [2.45, 2.75) is 0 Å². The molecule has 64 valence electrons. The minimum atomic E-state index is -1.24. The molecule has 1 aromatic carbocycles. The zero-order valence-corrected chi connectivity index (χ0v) is 6.02. The molecule has 0 unspecified atom stereocenters. The summed E-state index contributed by atoms with van der Waals surface area (Å²) in [6.45, 7) is 0. The van der Waals surface area contributed by atoms with Crippen LogP contribution in [-0.2, 0) is 4.99 Å². The molecule has 5 heteroatoms. The number of nitrogens with two attached hydrogens (primary N) is 1. The predicted molar refractivity (Wildman–Crippen MR) is 36.7 cm³/mol. The number of carbonyl (C=O) groups is 1. The third kappa shape index (κ3) is 1.94. The van der Waals surface area contributed by atoms with E-state index in [4.69, 9.17) is 0 Å². The molecular formula is C7H6NO4-. The van der Waals surface area contributed by atoms with E-state index in [0.29, 0.717) is 5.75 Å². The predicted octanol–water partition coefficient (Wildman–Crippen LogP) is -0.766. The summed E-state index contributed by atoms with van der Waals surface area (Å²) in [4.78, 5) is 18.5. The molecule has 0 atom stereocenters. The molecule has 12 heavy (non-hydrogen) atoms. The van der Waals surface area contributed by atoms with E-state index in [1.54, 1.807) is 0 Å². The van der Waals surface area contributed by atoms with Crippen molar-refractivity contribution in [3.05, 3.63) is 29.8 Å². The summed E-state index contributed by atoms with van der Waals surface area (Å²) in [5, 5.41) is 10.3. The lowest BCUT2D eigenvalue weighted by atomic mass is 10.2. The third-order valence-electron chi connectivity index (χ3n) is 1.23. The topological polar surface area (TPSA) is 84.6 Å². The van der Waals surface area contributed by atoms with Crippen molar-refractivity contribution in [1.29, 1.82) is 0 Å². The Morgan fingerprint density at radius 1 is 1.33 bits per heavy atom. The first-order chi connectivity index (χ1) is 5.74. The second-order valence-electron chi connectivity index (χ2n) is 1.99. The van der Waals surface area contributed by atoms with Gasteiger partial charge < -0.3 is 14.8 Å². The van der Waals surface area contributed by atoms with E-state index < -0.39 is 5.97 Å². The van der Waals surface area contributed by atoms with Crippen LogP contribution in [0.4, 0.5) is 0 Å². The summed E-state index contributed by atoms with van der Waals surface area (Å²) in [7, 11) is 0. The van der Waals surface area contributed by atoms with Crippen LogP contribution >= 0.6 is 0 Å². The van der Waals surface area contributed by atoms with E-state index in [1.165, 1.54) is 24.3 Å². The Morgan fingerprint density at radius 3 is 2.33 bits per heavy atom. The van der Waals surface area contributed by atoms with E-state index in [1.807, 2.05) is 0 Å². The second-order valence-corrected chi connectivity index (χ2v) is 1.99. The normalized spacial score (nSPS) is 9.42. The average Bonchev–Trinajstić information content (AvgIpc) is 2.06. The highest BCUT2D eigenvalue weighted by atomic mass is 17.3. The van der Waals surface area contributed by atoms with Gasteiger partial charge in [-0.05, 0) is 29.8 Å². The van der Waals surface area contributed by atoms with Gasteiger partial charge in [-0.2, -0.15) is 5.90 Å². The van der Waals surface area contributed by atoms with Gasteiger partial charge in [0.15, 0.2) is 5.75 Å². The van der Waals surface area contributed by atoms with Crippen molar-refractivity contribution >= 4 is 5.97 Å². The van der Waals surface area contributed by atoms with E-state index in [0.717, 1.165) is 0 Å². The molecule has 1 aromatic rings. The van der Waals surface area contributed by atoms with Gasteiger partial charge >= 0.3 is 0 Å². The molecule has 5 nitrogen and oxygen atoms in total. The molecule has 0 fully saturated rings. The van der Waals surface area contributed by atoms with Gasteiger partial charge in [0.2, 0.25) is 0 Å². The Hall–Kier alpha value is -1.59. The zero-order valence-electron chi connectivity index (χ0n) is 6.02. The van der Waals surface area contributed by atoms with Gasteiger partial charge in [-0.15, -0.1) is 0 Å². The van der Waals surface area contributed by atoms with Gasteiger partial charge in [0.25, 0.3) is 0 Å². The van der Waals surface area contributed by atoms with Crippen molar-refractivity contribution in [3.63, 3.8) is 0 Å². The standard InChI is InChI=1S/C7H7NO4/c8-12-11-6-3-1-5(2-4-6)7(9)10/h1-4H,8H2,(H,9,10)/p-1. The molecule has 0 saturated heterocycles. The van der Waals surface area contributed by atoms with Crippen LogP contribution in [0.15, 0.2) is 24.3 Å². The van der Waals surface area contributed by atoms with Crippen molar-refractivity contribution in [3.8, 4) is 5.75 Å². The van der Waals surface area contributed by atoms with Crippen LogP contribution in [0.3, 0.4) is 0 Å². The second kappa shape index (κ2) is 3.70. The average molecular weight is 168 g/mol. The summed E-state index contributed by atoms with van der Waals surface area (Å²) in [6, 6.07) is 5.45. The number of carboxylic acids is 1. The Labute approximate surface area is 68.2 Å². The summed E-state index contributed by atoms with van der Waals surface area (Å²) in [6.07, 6.45) is 0. The molecule has 0 aliphatic rings. The highest BCUT2D eigenvalue weighted by Gasteiger charge is 1.95. The Morgan fingerprint density at radius 2 is 1.92 bits per heavy atom. The zero-order chi connectivity index (χ0) is 8.97. The van der Waals surface area contributed by atoms with E-state index in [9.17, 15) is 9.90 Å². The molecule has 0 bridgehead atoms. The third-order valence-corrected chi connectivity index (χ3v) is 1.23. The number of carbonyl (C=O) groups excluding carboxylic acids is 1. The number of carboxylic acid groups (broad SMARTS) is 1. The van der Waals surface area contributed by atoms with Gasteiger partial charge in [0, 0.05) is 0 Å². The number of aromatic carboxylic acids is 1. The van der Waals surface area contributed by atoms with Crippen LogP contribution in [0.1, 0.15) is 10.4 Å². The highest BCUT2D eigenvalue weighted by molar-refractivity contribution is 5.85. The molecule has 0 aromatic heterocycles. The minimum Gasteiger partial charge on any atom is -0.545 e. The van der Waals surface area contributed by atoms with Crippen LogP contribution in [0.25, 0.3) is 0 Å². The molecule has 0 aliphatic carbocycles. The molecule has 0 aliphatic heterocycles. The fourth-order valence-corrected chi connectivity index (χ4v) is 0.702. The van der Waals surface area contributed by atoms with E-state index in [2.05, 4.69) is 15.8 Å². The van der Waals surface area contributed by atoms with Gasteiger partial charge in [-0.25, -0.2) is 0 Å². The smallest absolute Gasteiger partial charge is 0.167 e. The van der Waals surface area contributed by atoms with Gasteiger partial charge in [-0.3, -0.25) is 0 Å². The summed E-state index contributed by atoms with van der Waals surface area (Å²) in [5.74, 6) is 3.69. The van der Waals surface area contributed by atoms with Crippen LogP contribution in [0.2, 0.25) is 0 Å². The monoisotopic (exact) mass is 168 g/mol. The quantitative estimate of drug-likeness (QED) is 0.473. The Balaban J connectivity index is 2.78. The van der Waals surface area contributed by atoms with Crippen molar-refractivity contribution in [2.24, 2.45) is 5.90 Å². The van der Waals surface area contributed by atoms with E-state index in [-0.39, 0.29) is 5.56 Å². The van der Waals surface area contributed by atoms with Gasteiger partial charge in [-0.1, -0.05) is 4.99 Å². The van der Waals surface area contributed by atoms with Crippen LogP contribution in [0, 0.1) is 0 Å². The Kier molecular flexibility index (Phi) is 2.62.